The van der Waals surface area contributed by atoms with Gasteiger partial charge in [-0.05, 0) is 36.4 Å². The van der Waals surface area contributed by atoms with Crippen molar-refractivity contribution in [2.45, 2.75) is 6.54 Å². The van der Waals surface area contributed by atoms with Crippen LogP contribution in [0, 0.1) is 0 Å². The number of rotatable bonds is 6. The highest BCUT2D eigenvalue weighted by molar-refractivity contribution is 14.0. The Morgan fingerprint density at radius 2 is 1.86 bits per heavy atom. The van der Waals surface area contributed by atoms with Crippen molar-refractivity contribution in [1.29, 1.82) is 0 Å². The number of nitrogens with one attached hydrogen (secondary N) is 2. The van der Waals surface area contributed by atoms with E-state index < -0.39 is 0 Å². The molecule has 1 aliphatic rings. The SMILES string of the molecule is CN=C(NCC(=O)NCc1ccco1)N1CCN(c2ccc(OC)cc2)CC1.I. The normalized spacial score (nSPS) is 14.2. The number of hydrogen-bond donors (Lipinski definition) is 2. The highest BCUT2D eigenvalue weighted by Gasteiger charge is 2.20. The molecule has 2 N–H and O–H groups in total. The number of guanidine groups is 1. The molecule has 1 aromatic carbocycles. The first-order valence-electron chi connectivity index (χ1n) is 9.33. The number of piperazine rings is 1. The first-order valence-corrected chi connectivity index (χ1v) is 9.33. The second-order valence-electron chi connectivity index (χ2n) is 6.43. The number of furan rings is 1. The van der Waals surface area contributed by atoms with E-state index in [0.717, 1.165) is 43.6 Å². The number of hydrogen-bond acceptors (Lipinski definition) is 5. The lowest BCUT2D eigenvalue weighted by Crippen LogP contribution is -2.53. The third-order valence-electron chi connectivity index (χ3n) is 4.68. The lowest BCUT2D eigenvalue weighted by Gasteiger charge is -2.37. The molecule has 0 unspecified atom stereocenters. The van der Waals surface area contributed by atoms with Gasteiger partial charge in [0.05, 0.1) is 26.5 Å². The molecule has 2 aromatic rings. The molecule has 0 saturated carbocycles. The molecule has 0 spiro atoms. The molecule has 0 bridgehead atoms. The van der Waals surface area contributed by atoms with Gasteiger partial charge in [0.1, 0.15) is 11.5 Å². The molecule has 1 saturated heterocycles. The molecule has 0 radical (unpaired) electrons. The summed E-state index contributed by atoms with van der Waals surface area (Å²) in [6.07, 6.45) is 1.59. The second-order valence-corrected chi connectivity index (χ2v) is 6.43. The quantitative estimate of drug-likeness (QED) is 0.349. The second kappa shape index (κ2) is 11.5. The molecular weight excluding hydrogens is 485 g/mol. The van der Waals surface area contributed by atoms with E-state index in [-0.39, 0.29) is 36.4 Å². The van der Waals surface area contributed by atoms with Gasteiger partial charge in [0.2, 0.25) is 5.91 Å². The fourth-order valence-corrected chi connectivity index (χ4v) is 3.12. The number of aliphatic imine (C=N–C) groups is 1. The minimum absolute atomic E-state index is 0. The van der Waals surface area contributed by atoms with Crippen LogP contribution in [0.2, 0.25) is 0 Å². The Labute approximate surface area is 188 Å². The van der Waals surface area contributed by atoms with Gasteiger partial charge >= 0.3 is 0 Å². The van der Waals surface area contributed by atoms with E-state index >= 15 is 0 Å². The van der Waals surface area contributed by atoms with Gasteiger partial charge in [-0.25, -0.2) is 0 Å². The molecular formula is C20H28IN5O3. The van der Waals surface area contributed by atoms with E-state index in [0.29, 0.717) is 6.54 Å². The molecule has 0 aliphatic carbocycles. The van der Waals surface area contributed by atoms with E-state index in [9.17, 15) is 4.79 Å². The first kappa shape index (κ1) is 22.9. The largest absolute Gasteiger partial charge is 0.497 e. The van der Waals surface area contributed by atoms with E-state index in [2.05, 4.69) is 37.6 Å². The molecule has 158 valence electrons. The van der Waals surface area contributed by atoms with Crippen molar-refractivity contribution in [1.82, 2.24) is 15.5 Å². The number of anilines is 1. The van der Waals surface area contributed by atoms with Gasteiger partial charge in [0.25, 0.3) is 0 Å². The van der Waals surface area contributed by atoms with Gasteiger partial charge in [-0.3, -0.25) is 9.79 Å². The Balaban J connectivity index is 0.00000300. The number of ether oxygens (including phenoxy) is 1. The van der Waals surface area contributed by atoms with E-state index in [1.54, 1.807) is 26.5 Å². The van der Waals surface area contributed by atoms with Crippen molar-refractivity contribution >= 4 is 41.5 Å². The molecule has 29 heavy (non-hydrogen) atoms. The van der Waals surface area contributed by atoms with Crippen LogP contribution in [0.3, 0.4) is 0 Å². The molecule has 0 atom stereocenters. The van der Waals surface area contributed by atoms with Crippen LogP contribution >= 0.6 is 24.0 Å². The third-order valence-corrected chi connectivity index (χ3v) is 4.68. The predicted octanol–water partition coefficient (Wildman–Crippen LogP) is 1.92. The minimum Gasteiger partial charge on any atom is -0.497 e. The van der Waals surface area contributed by atoms with Gasteiger partial charge in [-0.15, -0.1) is 24.0 Å². The van der Waals surface area contributed by atoms with Crippen molar-refractivity contribution in [3.63, 3.8) is 0 Å². The minimum atomic E-state index is -0.102. The maximum atomic E-state index is 12.0. The zero-order chi connectivity index (χ0) is 19.8. The molecule has 9 heteroatoms. The van der Waals surface area contributed by atoms with Gasteiger partial charge in [-0.1, -0.05) is 0 Å². The standard InChI is InChI=1S/C20H27N5O3.HI/c1-21-20(23-15-19(26)22-14-18-4-3-13-28-18)25-11-9-24(10-12-25)16-5-7-17(27-2)8-6-16;/h3-8,13H,9-12,14-15H2,1-2H3,(H,21,23)(H,22,26);1H. The summed E-state index contributed by atoms with van der Waals surface area (Å²) in [5.74, 6) is 2.22. The average molecular weight is 513 g/mol. The maximum Gasteiger partial charge on any atom is 0.239 e. The number of amides is 1. The van der Waals surface area contributed by atoms with E-state index in [4.69, 9.17) is 9.15 Å². The summed E-state index contributed by atoms with van der Waals surface area (Å²) in [5, 5.41) is 5.96. The monoisotopic (exact) mass is 513 g/mol. The predicted molar refractivity (Wildman–Crippen MR) is 124 cm³/mol. The first-order chi connectivity index (χ1) is 13.7. The summed E-state index contributed by atoms with van der Waals surface area (Å²) >= 11 is 0. The van der Waals surface area contributed by atoms with Crippen molar-refractivity contribution in [2.24, 2.45) is 4.99 Å². The van der Waals surface area contributed by atoms with Crippen LogP contribution in [-0.4, -0.2) is 63.6 Å². The number of carbonyl (C=O) groups is 1. The number of benzene rings is 1. The average Bonchev–Trinajstić information content (AvgIpc) is 3.27. The summed E-state index contributed by atoms with van der Waals surface area (Å²) < 4.78 is 10.4. The molecule has 3 rings (SSSR count). The number of carbonyl (C=O) groups excluding carboxylic acids is 1. The number of halogens is 1. The highest BCUT2D eigenvalue weighted by Crippen LogP contribution is 2.20. The Morgan fingerprint density at radius 3 is 2.45 bits per heavy atom. The Bertz CT molecular complexity index is 772. The van der Waals surface area contributed by atoms with E-state index in [1.165, 1.54) is 5.69 Å². The van der Waals surface area contributed by atoms with Crippen LogP contribution in [0.4, 0.5) is 5.69 Å². The Hall–Kier alpha value is -2.43. The van der Waals surface area contributed by atoms with Crippen LogP contribution in [0.25, 0.3) is 0 Å². The van der Waals surface area contributed by atoms with Crippen molar-refractivity contribution in [3.8, 4) is 5.75 Å². The lowest BCUT2D eigenvalue weighted by atomic mass is 10.2. The van der Waals surface area contributed by atoms with Crippen LogP contribution in [0.15, 0.2) is 52.1 Å². The summed E-state index contributed by atoms with van der Waals surface area (Å²) in [7, 11) is 3.41. The molecule has 8 nitrogen and oxygen atoms in total. The van der Waals surface area contributed by atoms with Gasteiger partial charge in [-0.2, -0.15) is 0 Å². The van der Waals surface area contributed by atoms with Crippen LogP contribution in [0.1, 0.15) is 5.76 Å². The Morgan fingerprint density at radius 1 is 1.14 bits per heavy atom. The highest BCUT2D eigenvalue weighted by atomic mass is 127. The molecule has 1 aliphatic heterocycles. The third kappa shape index (κ3) is 6.55. The summed E-state index contributed by atoms with van der Waals surface area (Å²) in [5.41, 5.74) is 1.18. The molecule has 1 amide bonds. The van der Waals surface area contributed by atoms with Gasteiger partial charge in [0.15, 0.2) is 5.96 Å². The van der Waals surface area contributed by atoms with Crippen LogP contribution in [-0.2, 0) is 11.3 Å². The smallest absolute Gasteiger partial charge is 0.239 e. The number of nitrogens with zero attached hydrogens (tertiary/aromatic N) is 3. The van der Waals surface area contributed by atoms with Crippen molar-refractivity contribution in [2.75, 3.05) is 51.8 Å². The molecule has 2 heterocycles. The topological polar surface area (TPSA) is 82.3 Å². The van der Waals surface area contributed by atoms with Crippen molar-refractivity contribution < 1.29 is 13.9 Å². The summed E-state index contributed by atoms with van der Waals surface area (Å²) in [6.45, 7) is 3.99. The fourth-order valence-electron chi connectivity index (χ4n) is 3.12. The lowest BCUT2D eigenvalue weighted by molar-refractivity contribution is -0.120. The molecule has 1 fully saturated rings. The van der Waals surface area contributed by atoms with Crippen LogP contribution < -0.4 is 20.3 Å². The maximum absolute atomic E-state index is 12.0. The van der Waals surface area contributed by atoms with E-state index in [1.807, 2.05) is 18.2 Å². The van der Waals surface area contributed by atoms with Gasteiger partial charge < -0.3 is 29.6 Å². The van der Waals surface area contributed by atoms with Crippen molar-refractivity contribution in [3.05, 3.63) is 48.4 Å². The number of methoxy groups -OCH3 is 1. The fraction of sp³-hybridized carbons (Fsp3) is 0.400. The van der Waals surface area contributed by atoms with Gasteiger partial charge in [0, 0.05) is 38.9 Å². The Kier molecular flexibility index (Phi) is 9.10. The molecule has 1 aromatic heterocycles. The summed E-state index contributed by atoms with van der Waals surface area (Å²) in [4.78, 5) is 20.8. The zero-order valence-corrected chi connectivity index (χ0v) is 19.1. The van der Waals surface area contributed by atoms with Crippen LogP contribution in [0.5, 0.6) is 5.75 Å². The zero-order valence-electron chi connectivity index (χ0n) is 16.8. The summed E-state index contributed by atoms with van der Waals surface area (Å²) in [6, 6.07) is 11.7.